The summed E-state index contributed by atoms with van der Waals surface area (Å²) in [7, 11) is 0. The topological polar surface area (TPSA) is 67.7 Å². The molecule has 10 heteroatoms. The molecule has 0 atom stereocenters. The SMILES string of the molecule is O=C1C(=Cc2cn(-c3ccccc3)nc2-c2ccc(OC(F)F)cc2)C(=O)N(c2ccccc2)C(=S)N1c1ccccc1. The van der Waals surface area contributed by atoms with Crippen molar-refractivity contribution in [2.45, 2.75) is 6.61 Å². The van der Waals surface area contributed by atoms with Gasteiger partial charge in [-0.15, -0.1) is 0 Å². The molecular formula is C33H22F2N4O3S. The van der Waals surface area contributed by atoms with Crippen molar-refractivity contribution < 1.29 is 23.1 Å². The summed E-state index contributed by atoms with van der Waals surface area (Å²) in [5.74, 6) is -1.19. The molecule has 1 saturated heterocycles. The minimum Gasteiger partial charge on any atom is -0.435 e. The van der Waals surface area contributed by atoms with Gasteiger partial charge in [0.05, 0.1) is 22.8 Å². The van der Waals surface area contributed by atoms with Crippen LogP contribution in [0, 0.1) is 0 Å². The maximum Gasteiger partial charge on any atom is 0.387 e. The molecule has 1 aliphatic rings. The predicted octanol–water partition coefficient (Wildman–Crippen LogP) is 6.89. The zero-order chi connectivity index (χ0) is 29.9. The molecule has 0 bridgehead atoms. The Labute approximate surface area is 250 Å². The number of carbonyl (C=O) groups excluding carboxylic acids is 2. The lowest BCUT2D eigenvalue weighted by Crippen LogP contribution is -2.56. The summed E-state index contributed by atoms with van der Waals surface area (Å²) in [6, 6.07) is 33.0. The van der Waals surface area contributed by atoms with Crippen LogP contribution in [0.4, 0.5) is 20.2 Å². The van der Waals surface area contributed by atoms with Gasteiger partial charge < -0.3 is 4.74 Å². The Morgan fingerprint density at radius 3 is 1.67 bits per heavy atom. The molecule has 2 heterocycles. The van der Waals surface area contributed by atoms with Gasteiger partial charge in [-0.1, -0.05) is 54.6 Å². The van der Waals surface area contributed by atoms with Gasteiger partial charge in [0.2, 0.25) is 0 Å². The number of ether oxygens (including phenoxy) is 1. The predicted molar refractivity (Wildman–Crippen MR) is 164 cm³/mol. The lowest BCUT2D eigenvalue weighted by molar-refractivity contribution is -0.120. The van der Waals surface area contributed by atoms with Gasteiger partial charge >= 0.3 is 6.61 Å². The van der Waals surface area contributed by atoms with Crippen LogP contribution in [0.15, 0.2) is 127 Å². The second-order valence-electron chi connectivity index (χ2n) is 9.41. The number of halogens is 2. The molecule has 0 aliphatic carbocycles. The number of hydrogen-bond acceptors (Lipinski definition) is 5. The molecule has 1 fully saturated rings. The van der Waals surface area contributed by atoms with Crippen LogP contribution in [0.25, 0.3) is 23.0 Å². The van der Waals surface area contributed by atoms with Gasteiger partial charge in [0, 0.05) is 17.3 Å². The number of aromatic nitrogens is 2. The van der Waals surface area contributed by atoms with E-state index in [1.54, 1.807) is 71.5 Å². The third kappa shape index (κ3) is 5.55. The van der Waals surface area contributed by atoms with Crippen LogP contribution in [-0.2, 0) is 9.59 Å². The van der Waals surface area contributed by atoms with E-state index in [4.69, 9.17) is 17.3 Å². The summed E-state index contributed by atoms with van der Waals surface area (Å²) in [5.41, 5.74) is 3.06. The van der Waals surface area contributed by atoms with Gasteiger partial charge in [-0.05, 0) is 79.0 Å². The standard InChI is InChI=1S/C33H22F2N4O3S/c34-32(35)42-27-18-16-22(17-19-27)29-23(21-37(36-29)24-10-4-1-5-11-24)20-28-30(40)38(25-12-6-2-7-13-25)33(43)39(31(28)41)26-14-8-3-9-15-26/h1-21,32H. The van der Waals surface area contributed by atoms with Gasteiger partial charge in [-0.3, -0.25) is 19.4 Å². The minimum atomic E-state index is -2.96. The van der Waals surface area contributed by atoms with Gasteiger partial charge in [-0.2, -0.15) is 13.9 Å². The van der Waals surface area contributed by atoms with Crippen LogP contribution in [0.5, 0.6) is 5.75 Å². The van der Waals surface area contributed by atoms with Crippen LogP contribution < -0.4 is 14.5 Å². The average molecular weight is 593 g/mol. The highest BCUT2D eigenvalue weighted by Crippen LogP contribution is 2.32. The quantitative estimate of drug-likeness (QED) is 0.117. The molecular weight excluding hydrogens is 570 g/mol. The molecule has 1 aromatic heterocycles. The second-order valence-corrected chi connectivity index (χ2v) is 9.77. The Balaban J connectivity index is 1.51. The minimum absolute atomic E-state index is 0.00991. The fourth-order valence-corrected chi connectivity index (χ4v) is 5.10. The number of nitrogens with zero attached hydrogens (tertiary/aromatic N) is 4. The fourth-order valence-electron chi connectivity index (χ4n) is 4.72. The zero-order valence-electron chi connectivity index (χ0n) is 22.4. The molecule has 1 aliphatic heterocycles. The van der Waals surface area contributed by atoms with Gasteiger partial charge in [0.1, 0.15) is 11.3 Å². The van der Waals surface area contributed by atoms with E-state index in [1.807, 2.05) is 42.5 Å². The molecule has 0 unspecified atom stereocenters. The lowest BCUT2D eigenvalue weighted by Gasteiger charge is -2.36. The second kappa shape index (κ2) is 11.8. The van der Waals surface area contributed by atoms with Gasteiger partial charge in [0.15, 0.2) is 5.11 Å². The van der Waals surface area contributed by atoms with Crippen molar-refractivity contribution in [1.82, 2.24) is 9.78 Å². The fraction of sp³-hybridized carbons (Fsp3) is 0.0303. The Morgan fingerprint density at radius 1 is 0.698 bits per heavy atom. The molecule has 0 N–H and O–H groups in total. The van der Waals surface area contributed by atoms with Crippen LogP contribution in [0.2, 0.25) is 0 Å². The largest absolute Gasteiger partial charge is 0.435 e. The number of thiocarbonyl (C=S) groups is 1. The van der Waals surface area contributed by atoms with Crippen molar-refractivity contribution in [2.75, 3.05) is 9.80 Å². The maximum atomic E-state index is 14.0. The highest BCUT2D eigenvalue weighted by atomic mass is 32.1. The van der Waals surface area contributed by atoms with E-state index in [2.05, 4.69) is 4.74 Å². The first kappa shape index (κ1) is 27.7. The van der Waals surface area contributed by atoms with E-state index in [-0.39, 0.29) is 16.4 Å². The molecule has 5 aromatic rings. The van der Waals surface area contributed by atoms with Gasteiger partial charge in [0.25, 0.3) is 11.8 Å². The highest BCUT2D eigenvalue weighted by Gasteiger charge is 2.41. The first-order chi connectivity index (χ1) is 20.9. The average Bonchev–Trinajstić information content (AvgIpc) is 3.45. The smallest absolute Gasteiger partial charge is 0.387 e. The molecule has 0 saturated carbocycles. The van der Waals surface area contributed by atoms with Crippen molar-refractivity contribution in [1.29, 1.82) is 0 Å². The summed E-state index contributed by atoms with van der Waals surface area (Å²) in [4.78, 5) is 30.7. The zero-order valence-corrected chi connectivity index (χ0v) is 23.2. The summed E-state index contributed by atoms with van der Waals surface area (Å²) < 4.78 is 31.6. The third-order valence-corrected chi connectivity index (χ3v) is 7.06. The van der Waals surface area contributed by atoms with E-state index in [1.165, 1.54) is 28.0 Å². The summed E-state index contributed by atoms with van der Waals surface area (Å²) in [5, 5.41) is 4.76. The number of benzene rings is 4. The maximum absolute atomic E-state index is 14.0. The molecule has 2 amide bonds. The third-order valence-electron chi connectivity index (χ3n) is 6.69. The summed E-state index contributed by atoms with van der Waals surface area (Å²) in [6.45, 7) is -2.96. The van der Waals surface area contributed by atoms with E-state index >= 15 is 0 Å². The lowest BCUT2D eigenvalue weighted by atomic mass is 10.0. The van der Waals surface area contributed by atoms with Crippen LogP contribution in [-0.4, -0.2) is 33.3 Å². The first-order valence-corrected chi connectivity index (χ1v) is 13.6. The van der Waals surface area contributed by atoms with Crippen molar-refractivity contribution in [2.24, 2.45) is 0 Å². The van der Waals surface area contributed by atoms with Crippen LogP contribution in [0.1, 0.15) is 5.56 Å². The summed E-state index contributed by atoms with van der Waals surface area (Å²) in [6.07, 6.45) is 3.19. The molecule has 212 valence electrons. The Bertz CT molecular complexity index is 1760. The molecule has 0 radical (unpaired) electrons. The molecule has 4 aromatic carbocycles. The van der Waals surface area contributed by atoms with Gasteiger partial charge in [-0.25, -0.2) is 4.68 Å². The molecule has 43 heavy (non-hydrogen) atoms. The van der Waals surface area contributed by atoms with E-state index in [0.717, 1.165) is 5.69 Å². The van der Waals surface area contributed by atoms with Crippen molar-refractivity contribution in [3.05, 3.63) is 133 Å². The number of alkyl halides is 2. The summed E-state index contributed by atoms with van der Waals surface area (Å²) >= 11 is 5.70. The number of hydrogen-bond donors (Lipinski definition) is 0. The molecule has 0 spiro atoms. The van der Waals surface area contributed by atoms with Crippen molar-refractivity contribution in [3.63, 3.8) is 0 Å². The number of carbonyl (C=O) groups is 2. The van der Waals surface area contributed by atoms with Crippen LogP contribution in [0.3, 0.4) is 0 Å². The number of para-hydroxylation sites is 3. The first-order valence-electron chi connectivity index (χ1n) is 13.2. The number of rotatable bonds is 7. The Hall–Kier alpha value is -5.48. The van der Waals surface area contributed by atoms with Crippen LogP contribution >= 0.6 is 12.2 Å². The number of amides is 2. The molecule has 6 rings (SSSR count). The Kier molecular flexibility index (Phi) is 7.59. The number of anilines is 2. The van der Waals surface area contributed by atoms with Crippen molar-refractivity contribution in [3.8, 4) is 22.7 Å². The van der Waals surface area contributed by atoms with E-state index in [0.29, 0.717) is 28.2 Å². The molecule has 7 nitrogen and oxygen atoms in total. The highest BCUT2D eigenvalue weighted by molar-refractivity contribution is 7.81. The normalized spacial score (nSPS) is 13.6. The van der Waals surface area contributed by atoms with E-state index in [9.17, 15) is 18.4 Å². The Morgan fingerprint density at radius 2 is 1.19 bits per heavy atom. The van der Waals surface area contributed by atoms with E-state index < -0.39 is 18.4 Å². The monoisotopic (exact) mass is 592 g/mol. The van der Waals surface area contributed by atoms with Crippen molar-refractivity contribution >= 4 is 46.6 Å².